The Kier molecular flexibility index (Phi) is 10.6. The third-order valence-corrected chi connectivity index (χ3v) is 16.3. The summed E-state index contributed by atoms with van der Waals surface area (Å²) < 4.78 is 10.4. The molecule has 8 aromatic rings. The van der Waals surface area contributed by atoms with Gasteiger partial charge in [0.05, 0.1) is 0 Å². The maximum atomic E-state index is 12.5. The van der Waals surface area contributed by atoms with Crippen molar-refractivity contribution in [3.63, 3.8) is 0 Å². The molecule has 0 fully saturated rings. The van der Waals surface area contributed by atoms with E-state index in [1.54, 1.807) is 0 Å². The Morgan fingerprint density at radius 2 is 1.46 bits per heavy atom. The molecule has 0 aliphatic carbocycles. The summed E-state index contributed by atoms with van der Waals surface area (Å²) >= 11 is -2.28. The first-order valence-electron chi connectivity index (χ1n) is 21.1. The first kappa shape index (κ1) is 42.7. The molecule has 7 heteroatoms. The van der Waals surface area contributed by atoms with Gasteiger partial charge in [-0.2, -0.15) is 0 Å². The summed E-state index contributed by atoms with van der Waals surface area (Å²) in [6.45, 7) is 19.6. The molecule has 0 atom stereocenters. The molecule has 9 rings (SSSR count). The van der Waals surface area contributed by atoms with Gasteiger partial charge in [0.2, 0.25) is 0 Å². The van der Waals surface area contributed by atoms with Crippen LogP contribution in [0.15, 0.2) is 103 Å². The van der Waals surface area contributed by atoms with Crippen molar-refractivity contribution in [1.82, 2.24) is 14.5 Å². The number of imidazole rings is 1. The molecule has 0 spiro atoms. The number of fused-ring (bicyclic) bond motifs is 3. The van der Waals surface area contributed by atoms with E-state index in [2.05, 4.69) is 193 Å². The Morgan fingerprint density at radius 1 is 0.738 bits per heavy atom. The number of hydrogen-bond acceptors (Lipinski definition) is 4. The smallest absolute Gasteiger partial charge is 0.00634 e. The van der Waals surface area contributed by atoms with Crippen molar-refractivity contribution in [2.45, 2.75) is 90.4 Å². The molecular formula is C54H54GeN3O2Pt-. The van der Waals surface area contributed by atoms with Crippen LogP contribution in [0.4, 0.5) is 0 Å². The van der Waals surface area contributed by atoms with Crippen LogP contribution in [0.5, 0.6) is 17.2 Å². The number of phenols is 1. The average molecular weight is 1040 g/mol. The van der Waals surface area contributed by atoms with Crippen LogP contribution in [0.3, 0.4) is 0 Å². The second-order valence-corrected chi connectivity index (χ2v) is 30.4. The molecule has 0 saturated heterocycles. The number of nitrogens with zero attached hydrogens (tertiary/aromatic N) is 3. The maximum absolute atomic E-state index is 12.5. The fourth-order valence-corrected chi connectivity index (χ4v) is 12.1. The summed E-state index contributed by atoms with van der Waals surface area (Å²) in [5.74, 6) is 9.82. The average Bonchev–Trinajstić information content (AvgIpc) is 3.56. The zero-order valence-electron chi connectivity index (χ0n) is 37.3. The Bertz CT molecular complexity index is 3050. The van der Waals surface area contributed by atoms with Crippen molar-refractivity contribution in [3.05, 3.63) is 137 Å². The number of ether oxygens (including phenoxy) is 1. The van der Waals surface area contributed by atoms with Gasteiger partial charge in [-0.15, -0.1) is 0 Å². The molecule has 61 heavy (non-hydrogen) atoms. The molecule has 0 radical (unpaired) electrons. The minimum absolute atomic E-state index is 0. The van der Waals surface area contributed by atoms with Crippen molar-refractivity contribution in [2.75, 3.05) is 0 Å². The number of aryl methyl sites for hydroxylation is 3. The van der Waals surface area contributed by atoms with Crippen LogP contribution in [0, 0.1) is 26.8 Å². The fourth-order valence-electron chi connectivity index (χ4n) is 9.02. The Morgan fingerprint density at radius 3 is 2.15 bits per heavy atom. The van der Waals surface area contributed by atoms with Gasteiger partial charge in [0, 0.05) is 32.2 Å². The number of aromatic hydroxyl groups is 1. The van der Waals surface area contributed by atoms with Crippen molar-refractivity contribution < 1.29 is 30.9 Å². The van der Waals surface area contributed by atoms with Gasteiger partial charge >= 0.3 is 194 Å². The van der Waals surface area contributed by atoms with Crippen LogP contribution < -0.4 is 9.13 Å². The molecule has 2 aromatic heterocycles. The van der Waals surface area contributed by atoms with Gasteiger partial charge in [-0.25, -0.2) is 0 Å². The van der Waals surface area contributed by atoms with E-state index in [-0.39, 0.29) is 37.6 Å². The van der Waals surface area contributed by atoms with Crippen molar-refractivity contribution in [1.29, 1.82) is 0 Å². The Balaban J connectivity index is 0.00000514. The summed E-state index contributed by atoms with van der Waals surface area (Å²) in [7, 11) is 0. The van der Waals surface area contributed by atoms with Crippen molar-refractivity contribution >= 4 is 39.5 Å². The predicted octanol–water partition coefficient (Wildman–Crippen LogP) is 13.9. The minimum atomic E-state index is -2.28. The quantitative estimate of drug-likeness (QED) is 0.138. The van der Waals surface area contributed by atoms with Gasteiger partial charge in [0.15, 0.2) is 0 Å². The zero-order valence-corrected chi connectivity index (χ0v) is 41.7. The summed E-state index contributed by atoms with van der Waals surface area (Å²) in [6.07, 6.45) is 2.11. The van der Waals surface area contributed by atoms with Gasteiger partial charge in [-0.1, -0.05) is 89.6 Å². The molecule has 1 aliphatic rings. The molecule has 0 unspecified atom stereocenters. The summed E-state index contributed by atoms with van der Waals surface area (Å²) in [5, 5.41) is 14.8. The van der Waals surface area contributed by atoms with E-state index in [1.807, 2.05) is 0 Å². The topological polar surface area (TPSA) is 60.2 Å². The minimum Gasteiger partial charge on any atom is -0.0622 e. The molecule has 5 nitrogen and oxygen atoms in total. The van der Waals surface area contributed by atoms with E-state index in [9.17, 15) is 5.11 Å². The first-order chi connectivity index (χ1) is 28.3. The van der Waals surface area contributed by atoms with E-state index < -0.39 is 13.3 Å². The van der Waals surface area contributed by atoms with Crippen LogP contribution in [0.1, 0.15) is 69.4 Å². The third kappa shape index (κ3) is 7.26. The van der Waals surface area contributed by atoms with Crippen LogP contribution in [0.25, 0.3) is 72.4 Å². The van der Waals surface area contributed by atoms with Crippen LogP contribution in [-0.4, -0.2) is 32.9 Å². The molecule has 0 saturated carbocycles. The van der Waals surface area contributed by atoms with Gasteiger partial charge in [-0.05, 0) is 53.5 Å². The summed E-state index contributed by atoms with van der Waals surface area (Å²) in [5.41, 5.74) is 14.2. The molecule has 6 aromatic carbocycles. The second-order valence-electron chi connectivity index (χ2n) is 19.8. The number of para-hydroxylation sites is 1. The normalized spacial score (nSPS) is 12.7. The number of hydrogen-bond donors (Lipinski definition) is 1. The maximum Gasteiger partial charge on any atom is 0.00634 e. The predicted molar refractivity (Wildman–Crippen MR) is 253 cm³/mol. The molecule has 0 amide bonds. The number of phenolic OH excluding ortho intramolecular Hbond substituents is 1. The third-order valence-electron chi connectivity index (χ3n) is 12.1. The van der Waals surface area contributed by atoms with Gasteiger partial charge < -0.3 is 5.11 Å². The molecule has 0 bridgehead atoms. The molecule has 312 valence electrons. The summed E-state index contributed by atoms with van der Waals surface area (Å²) in [6, 6.07) is 38.2. The Hall–Kier alpha value is -4.97. The number of benzene rings is 6. The molecule has 1 aliphatic heterocycles. The van der Waals surface area contributed by atoms with Crippen LogP contribution in [-0.2, 0) is 31.9 Å². The van der Waals surface area contributed by atoms with E-state index >= 15 is 0 Å². The molecule has 3 heterocycles. The number of pyridine rings is 1. The van der Waals surface area contributed by atoms with Gasteiger partial charge in [0.25, 0.3) is 0 Å². The molecular weight excluding hydrogens is 990 g/mol. The van der Waals surface area contributed by atoms with E-state index in [4.69, 9.17) is 14.7 Å². The van der Waals surface area contributed by atoms with Gasteiger partial charge in [-0.3, -0.25) is 0 Å². The standard InChI is InChI=1S/C54H54GeN3O2.Pt/c1-31-24-32(2)49(39(25-31)34-18-14-13-15-19-34)58-44-22-16-20-37(47(44)57-52(58)41-28-36(53(4,5)6)29-42(50(41)59)54(7,8)9)35-26-33(3)51-40(27-35)48-46-38(21-17-23-45(46)60-51)43(30-56-48)55(10,11)12;/h13-26,28-30,59H,1-12H3;/q-1;. The van der Waals surface area contributed by atoms with Crippen molar-refractivity contribution in [2.24, 2.45) is 0 Å². The molecule has 1 N–H and O–H groups in total. The zero-order chi connectivity index (χ0) is 42.6. The Labute approximate surface area is 377 Å². The van der Waals surface area contributed by atoms with Crippen LogP contribution >= 0.6 is 0 Å². The van der Waals surface area contributed by atoms with E-state index in [1.165, 1.54) is 15.3 Å². The monoisotopic (exact) mass is 1050 g/mol. The first-order valence-corrected chi connectivity index (χ1v) is 28.4. The fraction of sp³-hybridized carbons (Fsp3) is 0.259. The SMILES string of the molecule is Cc1cc(C)c(-n2c(-c3cc(C(C)(C)C)cc(C(C)(C)C)c3O)nc3c(-c4[c-]c5c(c(C)c4)Oc4cccc6[c]([Ge]([CH3])([CH3])[CH3])cnc-5c46)cccc32)c(-c2ccccc2)c1.[Pt]. The van der Waals surface area contributed by atoms with Crippen LogP contribution in [0.2, 0.25) is 17.3 Å². The second kappa shape index (κ2) is 15.1. The number of aromatic nitrogens is 3. The summed E-state index contributed by atoms with van der Waals surface area (Å²) in [4.78, 5) is 10.8. The van der Waals surface area contributed by atoms with E-state index in [0.717, 1.165) is 89.4 Å². The van der Waals surface area contributed by atoms with Gasteiger partial charge in [0.1, 0.15) is 5.75 Å². The van der Waals surface area contributed by atoms with E-state index in [0.29, 0.717) is 11.4 Å². The number of rotatable bonds is 5. The largest absolute Gasteiger partial charge is 0.0622 e. The van der Waals surface area contributed by atoms with Crippen molar-refractivity contribution in [3.8, 4) is 67.8 Å².